The molecule has 5 fully saturated rings. The van der Waals surface area contributed by atoms with E-state index in [4.69, 9.17) is 23.7 Å². The van der Waals surface area contributed by atoms with Gasteiger partial charge in [0.1, 0.15) is 17.6 Å². The van der Waals surface area contributed by atoms with Gasteiger partial charge in [0, 0.05) is 18.8 Å². The van der Waals surface area contributed by atoms with E-state index in [-0.39, 0.29) is 12.0 Å². The first-order valence-electron chi connectivity index (χ1n) is 10.8. The van der Waals surface area contributed by atoms with Crippen molar-refractivity contribution < 1.29 is 23.7 Å². The summed E-state index contributed by atoms with van der Waals surface area (Å²) in [6.45, 7) is 8.71. The summed E-state index contributed by atoms with van der Waals surface area (Å²) in [4.78, 5) is 12.2. The summed E-state index contributed by atoms with van der Waals surface area (Å²) in [5, 5.41) is 0. The summed E-state index contributed by atoms with van der Waals surface area (Å²) < 4.78 is 19.2. The highest BCUT2D eigenvalue weighted by atomic mass is 17.3. The molecule has 4 saturated heterocycles. The predicted octanol–water partition coefficient (Wildman–Crippen LogP) is 5.16. The second-order valence-electron chi connectivity index (χ2n) is 9.34. The first kappa shape index (κ1) is 18.2. The third kappa shape index (κ3) is 2.58. The Morgan fingerprint density at radius 1 is 1.07 bits per heavy atom. The maximum absolute atomic E-state index is 6.64. The molecule has 0 unspecified atom stereocenters. The molecule has 1 aromatic rings. The molecule has 5 heteroatoms. The minimum Gasteiger partial charge on any atom is -0.463 e. The Morgan fingerprint density at radius 3 is 2.70 bits per heavy atom. The summed E-state index contributed by atoms with van der Waals surface area (Å²) in [6, 6.07) is 4.13. The van der Waals surface area contributed by atoms with Crippen molar-refractivity contribution in [2.45, 2.75) is 90.0 Å². The number of furan rings is 1. The van der Waals surface area contributed by atoms with E-state index in [0.717, 1.165) is 43.6 Å². The van der Waals surface area contributed by atoms with E-state index in [9.17, 15) is 0 Å². The maximum atomic E-state index is 6.64. The Kier molecular flexibility index (Phi) is 4.25. The molecular weight excluding hydrogens is 344 g/mol. The zero-order chi connectivity index (χ0) is 18.8. The van der Waals surface area contributed by atoms with Crippen LogP contribution in [-0.2, 0) is 25.7 Å². The second-order valence-corrected chi connectivity index (χ2v) is 9.34. The fraction of sp³-hybridized carbons (Fsp3) is 0.818. The average Bonchev–Trinajstić information content (AvgIpc) is 3.11. The largest absolute Gasteiger partial charge is 0.463 e. The van der Waals surface area contributed by atoms with Gasteiger partial charge in [-0.15, -0.1) is 0 Å². The van der Waals surface area contributed by atoms with Crippen molar-refractivity contribution >= 4 is 0 Å². The fourth-order valence-electron chi connectivity index (χ4n) is 6.19. The van der Waals surface area contributed by atoms with Crippen molar-refractivity contribution in [2.24, 2.45) is 23.7 Å². The van der Waals surface area contributed by atoms with Gasteiger partial charge in [-0.1, -0.05) is 20.8 Å². The quantitative estimate of drug-likeness (QED) is 0.668. The Hall–Kier alpha value is -0.880. The second kappa shape index (κ2) is 6.31. The number of aryl methyl sites for hydroxylation is 1. The first-order valence-corrected chi connectivity index (χ1v) is 10.8. The number of hydrogen-bond acceptors (Lipinski definition) is 5. The van der Waals surface area contributed by atoms with Crippen molar-refractivity contribution in [3.63, 3.8) is 0 Å². The molecule has 1 aliphatic carbocycles. The van der Waals surface area contributed by atoms with Crippen LogP contribution in [0.3, 0.4) is 0 Å². The standard InChI is InChI=1S/C22H32O5/c1-5-15-9-11-18(23-15)19-14(3)17-10-8-13(2)16-7-6-12-21(4)25-20(24-19)22(16,17)27-26-21/h9,11,13-14,16-17,19-20H,5-8,10,12H2,1-4H3/t13-,14-,16+,17+,19-,20-,21+,22-/m1/s1. The zero-order valence-electron chi connectivity index (χ0n) is 16.9. The van der Waals surface area contributed by atoms with Gasteiger partial charge < -0.3 is 13.9 Å². The maximum Gasteiger partial charge on any atom is 0.201 e. The van der Waals surface area contributed by atoms with Gasteiger partial charge in [-0.05, 0) is 62.5 Å². The van der Waals surface area contributed by atoms with Gasteiger partial charge >= 0.3 is 0 Å². The Balaban J connectivity index is 1.56. The molecule has 4 aliphatic heterocycles. The van der Waals surface area contributed by atoms with E-state index in [1.165, 1.54) is 6.42 Å². The predicted molar refractivity (Wildman–Crippen MR) is 98.5 cm³/mol. The normalized spacial score (nSPS) is 49.3. The SMILES string of the molecule is CCc1ccc([C@@H]2O[C@@H]3O[C@]4(C)CCC[C@H]5[C@H](C)CC[C@@H]([C@H]2C)[C@@]35OO4)o1. The van der Waals surface area contributed by atoms with Crippen LogP contribution >= 0.6 is 0 Å². The lowest BCUT2D eigenvalue weighted by molar-refractivity contribution is -0.586. The highest BCUT2D eigenvalue weighted by molar-refractivity contribution is 5.16. The van der Waals surface area contributed by atoms with Crippen molar-refractivity contribution in [3.8, 4) is 0 Å². The number of fused-ring (bicyclic) bond motifs is 3. The van der Waals surface area contributed by atoms with Gasteiger partial charge in [0.15, 0.2) is 11.9 Å². The van der Waals surface area contributed by atoms with Crippen LogP contribution in [0, 0.1) is 23.7 Å². The third-order valence-corrected chi connectivity index (χ3v) is 7.71. The number of rotatable bonds is 2. The van der Waals surface area contributed by atoms with E-state index < -0.39 is 17.7 Å². The summed E-state index contributed by atoms with van der Waals surface area (Å²) in [5.74, 6) is 2.79. The lowest BCUT2D eigenvalue weighted by Crippen LogP contribution is -2.71. The van der Waals surface area contributed by atoms with Crippen LogP contribution in [-0.4, -0.2) is 17.7 Å². The van der Waals surface area contributed by atoms with Gasteiger partial charge in [0.05, 0.1) is 0 Å². The molecule has 1 spiro atoms. The minimum atomic E-state index is -0.727. The van der Waals surface area contributed by atoms with Crippen LogP contribution in [0.1, 0.15) is 77.4 Å². The number of ether oxygens (including phenoxy) is 2. The van der Waals surface area contributed by atoms with Crippen LogP contribution in [0.15, 0.2) is 16.5 Å². The lowest BCUT2D eigenvalue weighted by Gasteiger charge is -2.63. The summed E-state index contributed by atoms with van der Waals surface area (Å²) in [5.41, 5.74) is -0.506. The smallest absolute Gasteiger partial charge is 0.201 e. The third-order valence-electron chi connectivity index (χ3n) is 7.71. The van der Waals surface area contributed by atoms with Crippen LogP contribution in [0.25, 0.3) is 0 Å². The molecule has 150 valence electrons. The van der Waals surface area contributed by atoms with E-state index in [1.807, 2.05) is 6.92 Å². The van der Waals surface area contributed by atoms with Crippen LogP contribution < -0.4 is 0 Å². The van der Waals surface area contributed by atoms with Crippen LogP contribution in [0.4, 0.5) is 0 Å². The highest BCUT2D eigenvalue weighted by Crippen LogP contribution is 2.61. The van der Waals surface area contributed by atoms with Gasteiger partial charge in [-0.3, -0.25) is 0 Å². The molecule has 5 heterocycles. The molecule has 27 heavy (non-hydrogen) atoms. The van der Waals surface area contributed by atoms with E-state index in [0.29, 0.717) is 17.8 Å². The minimum absolute atomic E-state index is 0.104. The molecule has 0 aromatic carbocycles. The molecule has 0 N–H and O–H groups in total. The molecule has 0 radical (unpaired) electrons. The average molecular weight is 376 g/mol. The van der Waals surface area contributed by atoms with E-state index in [1.54, 1.807) is 0 Å². The van der Waals surface area contributed by atoms with Gasteiger partial charge in [-0.25, -0.2) is 9.78 Å². The molecule has 5 aliphatic rings. The number of hydrogen-bond donors (Lipinski definition) is 0. The summed E-state index contributed by atoms with van der Waals surface area (Å²) in [7, 11) is 0. The highest BCUT2D eigenvalue weighted by Gasteiger charge is 2.68. The van der Waals surface area contributed by atoms with Crippen molar-refractivity contribution in [1.29, 1.82) is 0 Å². The molecule has 2 bridgehead atoms. The Labute approximate surface area is 161 Å². The Bertz CT molecular complexity index is 701. The van der Waals surface area contributed by atoms with Crippen LogP contribution in [0.2, 0.25) is 0 Å². The molecule has 1 saturated carbocycles. The van der Waals surface area contributed by atoms with E-state index >= 15 is 0 Å². The molecule has 5 nitrogen and oxygen atoms in total. The van der Waals surface area contributed by atoms with Gasteiger partial charge in [0.25, 0.3) is 0 Å². The topological polar surface area (TPSA) is 50.1 Å². The molecule has 1 aromatic heterocycles. The molecule has 0 amide bonds. The van der Waals surface area contributed by atoms with Gasteiger partial charge in [0.2, 0.25) is 5.79 Å². The molecule has 6 rings (SSSR count). The van der Waals surface area contributed by atoms with Crippen molar-refractivity contribution in [3.05, 3.63) is 23.7 Å². The summed E-state index contributed by atoms with van der Waals surface area (Å²) >= 11 is 0. The monoisotopic (exact) mass is 376 g/mol. The molecular formula is C22H32O5. The van der Waals surface area contributed by atoms with E-state index in [2.05, 4.69) is 32.9 Å². The Morgan fingerprint density at radius 2 is 1.93 bits per heavy atom. The summed E-state index contributed by atoms with van der Waals surface area (Å²) in [6.07, 6.45) is 5.79. The zero-order valence-corrected chi connectivity index (χ0v) is 16.9. The van der Waals surface area contributed by atoms with Gasteiger partial charge in [-0.2, -0.15) is 0 Å². The van der Waals surface area contributed by atoms with Crippen molar-refractivity contribution in [1.82, 2.24) is 0 Å². The van der Waals surface area contributed by atoms with Crippen molar-refractivity contribution in [2.75, 3.05) is 0 Å². The lowest BCUT2D eigenvalue weighted by atomic mass is 9.56. The molecule has 8 atom stereocenters. The first-order chi connectivity index (χ1) is 13.0. The van der Waals surface area contributed by atoms with Crippen LogP contribution in [0.5, 0.6) is 0 Å². The fourth-order valence-corrected chi connectivity index (χ4v) is 6.19.